The average molecular weight is 958 g/mol. The topological polar surface area (TPSA) is 78.9 Å². The Balaban J connectivity index is 4.55. The Morgan fingerprint density at radius 3 is 0.942 bits per heavy atom. The molecule has 0 spiro atoms. The van der Waals surface area contributed by atoms with E-state index in [2.05, 4.69) is 130 Å². The molecule has 0 heterocycles. The van der Waals surface area contributed by atoms with Gasteiger partial charge < -0.3 is 14.2 Å². The molecule has 0 amide bonds. The highest BCUT2D eigenvalue weighted by atomic mass is 16.6. The molecule has 1 unspecified atom stereocenters. The lowest BCUT2D eigenvalue weighted by Crippen LogP contribution is -2.30. The third-order valence-corrected chi connectivity index (χ3v) is 11.8. The van der Waals surface area contributed by atoms with Gasteiger partial charge in [0.05, 0.1) is 0 Å². The predicted octanol–water partition coefficient (Wildman–Crippen LogP) is 19.1. The first-order valence-corrected chi connectivity index (χ1v) is 28.4. The zero-order chi connectivity index (χ0) is 50.0. The molecule has 69 heavy (non-hydrogen) atoms. The van der Waals surface area contributed by atoms with Crippen molar-refractivity contribution in [2.75, 3.05) is 13.2 Å². The van der Waals surface area contributed by atoms with Crippen LogP contribution in [0.2, 0.25) is 0 Å². The van der Waals surface area contributed by atoms with E-state index in [9.17, 15) is 14.4 Å². The number of hydrogen-bond acceptors (Lipinski definition) is 6. The molecule has 0 aliphatic carbocycles. The fraction of sp³-hybridized carbons (Fsp3) is 0.667. The summed E-state index contributed by atoms with van der Waals surface area (Å²) in [6, 6.07) is 0. The monoisotopic (exact) mass is 957 g/mol. The smallest absolute Gasteiger partial charge is 0.306 e. The number of carbonyl (C=O) groups excluding carboxylic acids is 3. The molecule has 0 aromatic heterocycles. The van der Waals surface area contributed by atoms with E-state index >= 15 is 0 Å². The summed E-state index contributed by atoms with van der Waals surface area (Å²) in [5.41, 5.74) is 0. The molecule has 0 saturated heterocycles. The van der Waals surface area contributed by atoms with Gasteiger partial charge in [-0.05, 0) is 96.3 Å². The van der Waals surface area contributed by atoms with Crippen LogP contribution in [0, 0.1) is 0 Å². The van der Waals surface area contributed by atoms with E-state index in [1.807, 2.05) is 0 Å². The Labute approximate surface area is 425 Å². The van der Waals surface area contributed by atoms with E-state index in [1.165, 1.54) is 116 Å². The molecular formula is C63H104O6. The maximum absolute atomic E-state index is 12.8. The summed E-state index contributed by atoms with van der Waals surface area (Å²) in [6.45, 7) is 6.41. The van der Waals surface area contributed by atoms with Crippen LogP contribution in [0.25, 0.3) is 0 Å². The summed E-state index contributed by atoms with van der Waals surface area (Å²) < 4.78 is 16.8. The van der Waals surface area contributed by atoms with Gasteiger partial charge in [0, 0.05) is 19.3 Å². The molecule has 1 atom stereocenters. The molecule has 0 saturated carbocycles. The quantitative estimate of drug-likeness (QED) is 0.0262. The second-order valence-electron chi connectivity index (χ2n) is 18.5. The molecule has 0 bridgehead atoms. The maximum atomic E-state index is 12.8. The summed E-state index contributed by atoms with van der Waals surface area (Å²) in [7, 11) is 0. The van der Waals surface area contributed by atoms with Crippen LogP contribution in [0.4, 0.5) is 0 Å². The molecule has 0 aliphatic heterocycles. The van der Waals surface area contributed by atoms with Gasteiger partial charge in [0.15, 0.2) is 6.10 Å². The molecule has 6 nitrogen and oxygen atoms in total. The number of allylic oxidation sites excluding steroid dienone is 18. The van der Waals surface area contributed by atoms with Crippen LogP contribution in [0.1, 0.15) is 252 Å². The zero-order valence-electron chi connectivity index (χ0n) is 44.8. The Morgan fingerprint density at radius 2 is 0.580 bits per heavy atom. The van der Waals surface area contributed by atoms with Gasteiger partial charge in [0.1, 0.15) is 13.2 Å². The molecule has 0 aromatic carbocycles. The van der Waals surface area contributed by atoms with Gasteiger partial charge >= 0.3 is 17.9 Å². The van der Waals surface area contributed by atoms with Gasteiger partial charge in [0.25, 0.3) is 0 Å². The van der Waals surface area contributed by atoms with Gasteiger partial charge in [-0.15, -0.1) is 0 Å². The third-order valence-electron chi connectivity index (χ3n) is 11.8. The van der Waals surface area contributed by atoms with Crippen LogP contribution in [0.5, 0.6) is 0 Å². The maximum Gasteiger partial charge on any atom is 0.306 e. The van der Waals surface area contributed by atoms with Crippen molar-refractivity contribution in [3.63, 3.8) is 0 Å². The minimum absolute atomic E-state index is 0.117. The van der Waals surface area contributed by atoms with Crippen molar-refractivity contribution in [1.82, 2.24) is 0 Å². The first kappa shape index (κ1) is 65.1. The molecule has 0 aromatic rings. The Bertz CT molecular complexity index is 1420. The molecule has 0 fully saturated rings. The van der Waals surface area contributed by atoms with Crippen LogP contribution in [0.3, 0.4) is 0 Å². The summed E-state index contributed by atoms with van der Waals surface area (Å²) in [6.07, 6.45) is 76.6. The first-order chi connectivity index (χ1) is 34.0. The van der Waals surface area contributed by atoms with Crippen LogP contribution >= 0.6 is 0 Å². The van der Waals surface area contributed by atoms with Crippen molar-refractivity contribution in [1.29, 1.82) is 0 Å². The number of hydrogen-bond donors (Lipinski definition) is 0. The summed E-state index contributed by atoms with van der Waals surface area (Å²) >= 11 is 0. The van der Waals surface area contributed by atoms with Crippen molar-refractivity contribution >= 4 is 17.9 Å². The number of carbonyl (C=O) groups is 3. The SMILES string of the molecule is CC/C=C\C/C=C\C/C=C\C/C=C\C/C=C\CCCC(=O)OCC(COC(=O)CCCCCCCCCCCCCCCCCCC)OC(=O)CCC/C=C\C/C=C\C/C=C\C/C=C\CCCCC. The van der Waals surface area contributed by atoms with E-state index in [0.717, 1.165) is 83.5 Å². The minimum Gasteiger partial charge on any atom is -0.462 e. The second-order valence-corrected chi connectivity index (χ2v) is 18.5. The predicted molar refractivity (Wildman–Crippen MR) is 297 cm³/mol. The zero-order valence-corrected chi connectivity index (χ0v) is 44.8. The van der Waals surface area contributed by atoms with Gasteiger partial charge in [-0.25, -0.2) is 0 Å². The van der Waals surface area contributed by atoms with Crippen LogP contribution in [-0.4, -0.2) is 37.2 Å². The van der Waals surface area contributed by atoms with Gasteiger partial charge in [-0.3, -0.25) is 14.4 Å². The van der Waals surface area contributed by atoms with Crippen molar-refractivity contribution in [3.05, 3.63) is 109 Å². The molecule has 0 N–H and O–H groups in total. The van der Waals surface area contributed by atoms with Gasteiger partial charge in [0.2, 0.25) is 0 Å². The number of esters is 3. The molecule has 0 radical (unpaired) electrons. The van der Waals surface area contributed by atoms with Gasteiger partial charge in [-0.2, -0.15) is 0 Å². The first-order valence-electron chi connectivity index (χ1n) is 28.4. The third kappa shape index (κ3) is 54.9. The Kier molecular flexibility index (Phi) is 53.4. The Morgan fingerprint density at radius 1 is 0.304 bits per heavy atom. The Hall–Kier alpha value is -3.93. The van der Waals surface area contributed by atoms with Crippen LogP contribution < -0.4 is 0 Å². The lowest BCUT2D eigenvalue weighted by molar-refractivity contribution is -0.167. The van der Waals surface area contributed by atoms with Gasteiger partial charge in [-0.1, -0.05) is 246 Å². The molecule has 0 rings (SSSR count). The standard InChI is InChI=1S/C63H104O6/c1-4-7-10-13-16-19-22-25-28-31-34-37-40-43-46-49-52-55-61(64)67-58-60(69-63(66)57-54-51-48-45-42-39-36-33-30-27-24-21-18-15-12-9-6-3)59-68-62(65)56-53-50-47-44-41-38-35-32-29-26-23-20-17-14-11-8-5-2/h7,10,16,18-19,21,25,27-28,30,34,36-37,39,43,45-46,48,60H,4-6,8-9,11-15,17,20,22-24,26,29,31-33,35,38,40-42,44,47,49-59H2,1-3H3/b10-7-,19-16-,21-18-,28-25-,30-27-,37-34-,39-36-,46-43-,48-45-. The van der Waals surface area contributed by atoms with E-state index < -0.39 is 6.10 Å². The lowest BCUT2D eigenvalue weighted by atomic mass is 10.0. The van der Waals surface area contributed by atoms with E-state index in [-0.39, 0.29) is 44.0 Å². The molecule has 0 aliphatic rings. The highest BCUT2D eigenvalue weighted by molar-refractivity contribution is 5.71. The number of rotatable bonds is 50. The van der Waals surface area contributed by atoms with E-state index in [0.29, 0.717) is 19.3 Å². The van der Waals surface area contributed by atoms with Crippen molar-refractivity contribution < 1.29 is 28.6 Å². The van der Waals surface area contributed by atoms with Crippen LogP contribution in [-0.2, 0) is 28.6 Å². The van der Waals surface area contributed by atoms with E-state index in [4.69, 9.17) is 14.2 Å². The number of ether oxygens (including phenoxy) is 3. The minimum atomic E-state index is -0.830. The lowest BCUT2D eigenvalue weighted by Gasteiger charge is -2.18. The average Bonchev–Trinajstić information content (AvgIpc) is 3.35. The molecule has 392 valence electrons. The summed E-state index contributed by atoms with van der Waals surface area (Å²) in [5, 5.41) is 0. The summed E-state index contributed by atoms with van der Waals surface area (Å²) in [5.74, 6) is -1.03. The highest BCUT2D eigenvalue weighted by Crippen LogP contribution is 2.15. The van der Waals surface area contributed by atoms with E-state index in [1.54, 1.807) is 0 Å². The summed E-state index contributed by atoms with van der Waals surface area (Å²) in [4.78, 5) is 38.1. The van der Waals surface area contributed by atoms with Crippen molar-refractivity contribution in [2.24, 2.45) is 0 Å². The molecule has 6 heteroatoms. The number of unbranched alkanes of at least 4 members (excludes halogenated alkanes) is 21. The highest BCUT2D eigenvalue weighted by Gasteiger charge is 2.19. The largest absolute Gasteiger partial charge is 0.462 e. The fourth-order valence-corrected chi connectivity index (χ4v) is 7.53. The van der Waals surface area contributed by atoms with Crippen molar-refractivity contribution in [2.45, 2.75) is 258 Å². The van der Waals surface area contributed by atoms with Crippen LogP contribution in [0.15, 0.2) is 109 Å². The fourth-order valence-electron chi connectivity index (χ4n) is 7.53. The second kappa shape index (κ2) is 56.7. The molecular weight excluding hydrogens is 853 g/mol. The normalized spacial score (nSPS) is 12.9. The van der Waals surface area contributed by atoms with Crippen molar-refractivity contribution in [3.8, 4) is 0 Å².